The summed E-state index contributed by atoms with van der Waals surface area (Å²) in [6, 6.07) is 0.272. The third-order valence-corrected chi connectivity index (χ3v) is 1.88. The fourth-order valence-electron chi connectivity index (χ4n) is 1.18. The lowest BCUT2D eigenvalue weighted by molar-refractivity contribution is -0.130. The highest BCUT2D eigenvalue weighted by atomic mass is 16.3. The number of rotatable bonds is 3. The molecule has 1 unspecified atom stereocenters. The Kier molecular flexibility index (Phi) is 2.84. The van der Waals surface area contributed by atoms with Gasteiger partial charge in [0, 0.05) is 12.5 Å². The van der Waals surface area contributed by atoms with Crippen molar-refractivity contribution in [3.8, 4) is 0 Å². The van der Waals surface area contributed by atoms with Gasteiger partial charge in [-0.15, -0.1) is 0 Å². The molecular weight excluding hydrogens is 144 g/mol. The van der Waals surface area contributed by atoms with Gasteiger partial charge in [0.25, 0.3) is 0 Å². The van der Waals surface area contributed by atoms with Crippen molar-refractivity contribution >= 4 is 5.91 Å². The predicted molar refractivity (Wildman–Crippen MR) is 40.6 cm³/mol. The molecule has 0 aliphatic carbocycles. The average Bonchev–Trinajstić information content (AvgIpc) is 2.33. The van der Waals surface area contributed by atoms with Crippen LogP contribution in [0.4, 0.5) is 0 Å². The van der Waals surface area contributed by atoms with E-state index in [4.69, 9.17) is 5.11 Å². The van der Waals surface area contributed by atoms with E-state index < -0.39 is 0 Å². The molecule has 0 spiro atoms. The van der Waals surface area contributed by atoms with E-state index in [1.807, 2.05) is 6.92 Å². The highest BCUT2D eigenvalue weighted by molar-refractivity contribution is 5.78. The number of carbonyl (C=O) groups excluding carboxylic acids is 1. The van der Waals surface area contributed by atoms with Crippen molar-refractivity contribution in [3.05, 3.63) is 0 Å². The van der Waals surface area contributed by atoms with Crippen molar-refractivity contribution in [2.45, 2.75) is 25.8 Å². The predicted octanol–water partition coefficient (Wildman–Crippen LogP) is -0.506. The maximum absolute atomic E-state index is 11.1. The number of aliphatic hydroxyl groups excluding tert-OH is 1. The molecule has 4 nitrogen and oxygen atoms in total. The van der Waals surface area contributed by atoms with E-state index in [2.05, 4.69) is 5.43 Å². The Bertz CT molecular complexity index is 149. The van der Waals surface area contributed by atoms with Crippen molar-refractivity contribution in [3.63, 3.8) is 0 Å². The first kappa shape index (κ1) is 8.49. The Morgan fingerprint density at radius 3 is 3.00 bits per heavy atom. The smallest absolute Gasteiger partial charge is 0.238 e. The summed E-state index contributed by atoms with van der Waals surface area (Å²) < 4.78 is 0. The molecule has 0 bridgehead atoms. The number of hydrogen-bond acceptors (Lipinski definition) is 3. The molecule has 1 saturated heterocycles. The summed E-state index contributed by atoms with van der Waals surface area (Å²) in [7, 11) is 0. The number of amides is 1. The normalized spacial score (nSPS) is 24.7. The van der Waals surface area contributed by atoms with Crippen molar-refractivity contribution in [2.75, 3.05) is 13.2 Å². The van der Waals surface area contributed by atoms with Crippen LogP contribution in [0.2, 0.25) is 0 Å². The fraction of sp³-hybridized carbons (Fsp3) is 0.857. The quantitative estimate of drug-likeness (QED) is 0.582. The van der Waals surface area contributed by atoms with E-state index in [0.717, 1.165) is 6.42 Å². The van der Waals surface area contributed by atoms with Gasteiger partial charge < -0.3 is 5.11 Å². The van der Waals surface area contributed by atoms with Gasteiger partial charge in [-0.2, -0.15) is 0 Å². The molecule has 1 heterocycles. The van der Waals surface area contributed by atoms with E-state index in [9.17, 15) is 4.79 Å². The number of nitrogens with one attached hydrogen (secondary N) is 1. The molecular formula is C7H14N2O2. The zero-order chi connectivity index (χ0) is 8.27. The van der Waals surface area contributed by atoms with E-state index in [1.165, 1.54) is 5.01 Å². The molecule has 4 heteroatoms. The minimum Gasteiger partial charge on any atom is -0.394 e. The van der Waals surface area contributed by atoms with Gasteiger partial charge in [-0.3, -0.25) is 9.80 Å². The Balaban J connectivity index is 2.38. The summed E-state index contributed by atoms with van der Waals surface area (Å²) in [5.41, 5.74) is 3.02. The summed E-state index contributed by atoms with van der Waals surface area (Å²) in [6.45, 7) is 2.46. The van der Waals surface area contributed by atoms with Crippen LogP contribution in [0.3, 0.4) is 0 Å². The molecule has 1 aliphatic rings. The molecule has 2 N–H and O–H groups in total. The Morgan fingerprint density at radius 2 is 2.55 bits per heavy atom. The summed E-state index contributed by atoms with van der Waals surface area (Å²) in [6.07, 6.45) is 1.52. The Morgan fingerprint density at radius 1 is 1.82 bits per heavy atom. The molecule has 11 heavy (non-hydrogen) atoms. The average molecular weight is 158 g/mol. The lowest BCUT2D eigenvalue weighted by atomic mass is 10.2. The van der Waals surface area contributed by atoms with Crippen LogP contribution in [-0.4, -0.2) is 35.2 Å². The lowest BCUT2D eigenvalue weighted by Crippen LogP contribution is -2.39. The molecule has 1 fully saturated rings. The molecule has 1 aliphatic heterocycles. The van der Waals surface area contributed by atoms with Crippen molar-refractivity contribution < 1.29 is 9.90 Å². The van der Waals surface area contributed by atoms with Crippen LogP contribution in [-0.2, 0) is 4.79 Å². The first-order valence-electron chi connectivity index (χ1n) is 3.95. The van der Waals surface area contributed by atoms with Crippen LogP contribution in [0.15, 0.2) is 0 Å². The van der Waals surface area contributed by atoms with Gasteiger partial charge in [0.2, 0.25) is 5.91 Å². The zero-order valence-electron chi connectivity index (χ0n) is 6.71. The lowest BCUT2D eigenvalue weighted by Gasteiger charge is -2.15. The van der Waals surface area contributed by atoms with Gasteiger partial charge >= 0.3 is 0 Å². The Hall–Kier alpha value is -0.610. The number of aliphatic hydroxyl groups is 1. The summed E-state index contributed by atoms with van der Waals surface area (Å²) in [5.74, 6) is 0.0888. The molecule has 1 rings (SSSR count). The zero-order valence-corrected chi connectivity index (χ0v) is 6.71. The largest absolute Gasteiger partial charge is 0.394 e. The summed E-state index contributed by atoms with van der Waals surface area (Å²) in [5, 5.41) is 10.1. The van der Waals surface area contributed by atoms with Crippen LogP contribution in [0.5, 0.6) is 0 Å². The molecule has 1 atom stereocenters. The third-order valence-electron chi connectivity index (χ3n) is 1.88. The van der Waals surface area contributed by atoms with Crippen molar-refractivity contribution in [1.29, 1.82) is 0 Å². The van der Waals surface area contributed by atoms with E-state index in [-0.39, 0.29) is 18.6 Å². The van der Waals surface area contributed by atoms with Crippen molar-refractivity contribution in [2.24, 2.45) is 0 Å². The maximum Gasteiger partial charge on any atom is 0.238 e. The van der Waals surface area contributed by atoms with Crippen LogP contribution < -0.4 is 5.43 Å². The van der Waals surface area contributed by atoms with E-state index in [0.29, 0.717) is 13.0 Å². The number of hydrazine groups is 1. The molecule has 1 amide bonds. The SMILES string of the molecule is CCC1CC(=O)N(CCO)N1. The number of carbonyl (C=O) groups is 1. The first-order chi connectivity index (χ1) is 5.27. The molecule has 0 aromatic heterocycles. The van der Waals surface area contributed by atoms with Crippen LogP contribution in [0.25, 0.3) is 0 Å². The third kappa shape index (κ3) is 1.91. The summed E-state index contributed by atoms with van der Waals surface area (Å²) in [4.78, 5) is 11.1. The monoisotopic (exact) mass is 158 g/mol. The molecule has 0 radical (unpaired) electrons. The molecule has 0 saturated carbocycles. The fourth-order valence-corrected chi connectivity index (χ4v) is 1.18. The first-order valence-corrected chi connectivity index (χ1v) is 3.95. The second kappa shape index (κ2) is 3.69. The highest BCUT2D eigenvalue weighted by Crippen LogP contribution is 2.09. The second-order valence-corrected chi connectivity index (χ2v) is 2.71. The van der Waals surface area contributed by atoms with Crippen LogP contribution >= 0.6 is 0 Å². The van der Waals surface area contributed by atoms with Gasteiger partial charge in [0.15, 0.2) is 0 Å². The van der Waals surface area contributed by atoms with Gasteiger partial charge in [-0.25, -0.2) is 5.43 Å². The maximum atomic E-state index is 11.1. The van der Waals surface area contributed by atoms with E-state index >= 15 is 0 Å². The van der Waals surface area contributed by atoms with Gasteiger partial charge in [-0.05, 0) is 6.42 Å². The van der Waals surface area contributed by atoms with Crippen LogP contribution in [0.1, 0.15) is 19.8 Å². The molecule has 0 aromatic carbocycles. The van der Waals surface area contributed by atoms with Gasteiger partial charge in [0.1, 0.15) is 0 Å². The van der Waals surface area contributed by atoms with Crippen LogP contribution in [0, 0.1) is 0 Å². The number of β-amino-alcohol motifs (C(OH)–C–C–N with tert-alkyl or cyclic N) is 1. The van der Waals surface area contributed by atoms with Gasteiger partial charge in [0.05, 0.1) is 13.2 Å². The molecule has 64 valence electrons. The molecule has 0 aromatic rings. The number of nitrogens with zero attached hydrogens (tertiary/aromatic N) is 1. The standard InChI is InChI=1S/C7H14N2O2/c1-2-6-5-7(11)9(8-6)3-4-10/h6,8,10H,2-5H2,1H3. The topological polar surface area (TPSA) is 52.6 Å². The summed E-state index contributed by atoms with van der Waals surface area (Å²) >= 11 is 0. The van der Waals surface area contributed by atoms with Gasteiger partial charge in [-0.1, -0.05) is 6.92 Å². The Labute approximate surface area is 66.2 Å². The minimum atomic E-state index is 0.0230. The minimum absolute atomic E-state index is 0.0230. The van der Waals surface area contributed by atoms with E-state index in [1.54, 1.807) is 0 Å². The number of hydrogen-bond donors (Lipinski definition) is 2. The van der Waals surface area contributed by atoms with Crippen molar-refractivity contribution in [1.82, 2.24) is 10.4 Å². The second-order valence-electron chi connectivity index (χ2n) is 2.71. The highest BCUT2D eigenvalue weighted by Gasteiger charge is 2.26.